The number of nitrogens with zero attached hydrogens (tertiary/aromatic N) is 2. The predicted octanol–water partition coefficient (Wildman–Crippen LogP) is 1.24. The molecule has 2 aliphatic rings. The van der Waals surface area contributed by atoms with Crippen LogP contribution in [-0.4, -0.2) is 60.6 Å². The first-order valence-electron chi connectivity index (χ1n) is 8.09. The summed E-state index contributed by atoms with van der Waals surface area (Å²) >= 11 is 0. The summed E-state index contributed by atoms with van der Waals surface area (Å²) in [6.07, 6.45) is 4.74. The van der Waals surface area contributed by atoms with Crippen molar-refractivity contribution in [3.63, 3.8) is 0 Å². The van der Waals surface area contributed by atoms with Crippen LogP contribution < -0.4 is 11.1 Å². The van der Waals surface area contributed by atoms with Crippen LogP contribution in [0.15, 0.2) is 0 Å². The van der Waals surface area contributed by atoms with Gasteiger partial charge in [-0.2, -0.15) is 0 Å². The van der Waals surface area contributed by atoms with E-state index >= 15 is 0 Å². The molecular formula is C15H30N4O. The number of nitrogens with one attached hydrogen (secondary N) is 1. The Morgan fingerprint density at radius 2 is 1.80 bits per heavy atom. The number of urea groups is 1. The molecule has 2 rings (SSSR count). The van der Waals surface area contributed by atoms with Crippen molar-refractivity contribution in [3.8, 4) is 0 Å². The van der Waals surface area contributed by atoms with Gasteiger partial charge in [-0.25, -0.2) is 4.79 Å². The molecule has 0 saturated carbocycles. The molecule has 2 amide bonds. The van der Waals surface area contributed by atoms with Crippen molar-refractivity contribution in [2.24, 2.45) is 11.7 Å². The minimum atomic E-state index is -0.277. The zero-order valence-electron chi connectivity index (χ0n) is 13.0. The normalized spacial score (nSPS) is 23.4. The fraction of sp³-hybridized carbons (Fsp3) is 0.933. The number of carbonyl (C=O) groups excluding carboxylic acids is 1. The molecule has 1 unspecified atom stereocenters. The van der Waals surface area contributed by atoms with E-state index in [0.717, 1.165) is 32.5 Å². The molecule has 0 aromatic heterocycles. The van der Waals surface area contributed by atoms with Gasteiger partial charge in [0, 0.05) is 31.7 Å². The first-order valence-corrected chi connectivity index (χ1v) is 8.09. The van der Waals surface area contributed by atoms with Gasteiger partial charge in [-0.15, -0.1) is 0 Å². The maximum atomic E-state index is 11.1. The number of primary amides is 1. The first-order chi connectivity index (χ1) is 9.58. The summed E-state index contributed by atoms with van der Waals surface area (Å²) in [5.74, 6) is 0.686. The third-order valence-corrected chi connectivity index (χ3v) is 4.80. The van der Waals surface area contributed by atoms with E-state index < -0.39 is 0 Å². The number of piperidine rings is 1. The van der Waals surface area contributed by atoms with Crippen molar-refractivity contribution in [2.45, 2.75) is 51.6 Å². The molecule has 20 heavy (non-hydrogen) atoms. The molecule has 2 aliphatic heterocycles. The fourth-order valence-corrected chi connectivity index (χ4v) is 3.45. The topological polar surface area (TPSA) is 61.6 Å². The standard InChI is InChI=1S/C15H30N4O/c1-12(2)14(18-7-3-4-8-18)11-17-13-5-9-19(10-6-13)15(16)20/h12-14,17H,3-11H2,1-2H3,(H2,16,20). The van der Waals surface area contributed by atoms with E-state index in [1.165, 1.54) is 25.9 Å². The Morgan fingerprint density at radius 3 is 2.30 bits per heavy atom. The van der Waals surface area contributed by atoms with E-state index in [2.05, 4.69) is 24.1 Å². The molecule has 0 radical (unpaired) electrons. The van der Waals surface area contributed by atoms with Crippen molar-refractivity contribution >= 4 is 6.03 Å². The Kier molecular flexibility index (Phi) is 5.66. The van der Waals surface area contributed by atoms with Crippen molar-refractivity contribution < 1.29 is 4.79 Å². The molecule has 0 aromatic rings. The molecular weight excluding hydrogens is 252 g/mol. The van der Waals surface area contributed by atoms with Crippen LogP contribution in [0.25, 0.3) is 0 Å². The van der Waals surface area contributed by atoms with Gasteiger partial charge in [-0.1, -0.05) is 13.8 Å². The summed E-state index contributed by atoms with van der Waals surface area (Å²) in [7, 11) is 0. The van der Waals surface area contributed by atoms with Gasteiger partial charge in [0.05, 0.1) is 0 Å². The van der Waals surface area contributed by atoms with Gasteiger partial charge < -0.3 is 16.0 Å². The Morgan fingerprint density at radius 1 is 1.20 bits per heavy atom. The lowest BCUT2D eigenvalue weighted by atomic mass is 10.0. The Hall–Kier alpha value is -0.810. The smallest absolute Gasteiger partial charge is 0.314 e. The van der Waals surface area contributed by atoms with Gasteiger partial charge in [0.15, 0.2) is 0 Å². The lowest BCUT2D eigenvalue weighted by Crippen LogP contribution is -2.51. The summed E-state index contributed by atoms with van der Waals surface area (Å²) in [6.45, 7) is 9.81. The lowest BCUT2D eigenvalue weighted by molar-refractivity contribution is 0.163. The van der Waals surface area contributed by atoms with Gasteiger partial charge in [0.1, 0.15) is 0 Å². The molecule has 5 nitrogen and oxygen atoms in total. The number of nitrogens with two attached hydrogens (primary N) is 1. The zero-order valence-corrected chi connectivity index (χ0v) is 13.0. The second-order valence-electron chi connectivity index (χ2n) is 6.56. The third-order valence-electron chi connectivity index (χ3n) is 4.80. The monoisotopic (exact) mass is 282 g/mol. The molecule has 2 heterocycles. The van der Waals surface area contributed by atoms with Crippen molar-refractivity contribution in [1.82, 2.24) is 15.1 Å². The van der Waals surface area contributed by atoms with Crippen molar-refractivity contribution in [3.05, 3.63) is 0 Å². The average molecular weight is 282 g/mol. The number of likely N-dealkylation sites (tertiary alicyclic amines) is 2. The fourth-order valence-electron chi connectivity index (χ4n) is 3.45. The van der Waals surface area contributed by atoms with Gasteiger partial charge in [0.25, 0.3) is 0 Å². The maximum absolute atomic E-state index is 11.1. The summed E-state index contributed by atoms with van der Waals surface area (Å²) < 4.78 is 0. The van der Waals surface area contributed by atoms with E-state index in [1.807, 2.05) is 0 Å². The van der Waals surface area contributed by atoms with Crippen LogP contribution in [0.2, 0.25) is 0 Å². The molecule has 0 spiro atoms. The largest absolute Gasteiger partial charge is 0.351 e. The maximum Gasteiger partial charge on any atom is 0.314 e. The minimum Gasteiger partial charge on any atom is -0.351 e. The molecule has 116 valence electrons. The van der Waals surface area contributed by atoms with Crippen LogP contribution in [0.5, 0.6) is 0 Å². The summed E-state index contributed by atoms with van der Waals surface area (Å²) in [6, 6.07) is 0.904. The minimum absolute atomic E-state index is 0.277. The second-order valence-corrected chi connectivity index (χ2v) is 6.56. The summed E-state index contributed by atoms with van der Waals surface area (Å²) in [5.41, 5.74) is 5.32. The zero-order chi connectivity index (χ0) is 14.5. The van der Waals surface area contributed by atoms with Crippen LogP contribution in [0.4, 0.5) is 4.79 Å². The van der Waals surface area contributed by atoms with Gasteiger partial charge in [-0.05, 0) is 44.7 Å². The van der Waals surface area contributed by atoms with E-state index in [-0.39, 0.29) is 6.03 Å². The van der Waals surface area contributed by atoms with Crippen LogP contribution in [0.3, 0.4) is 0 Å². The summed E-state index contributed by atoms with van der Waals surface area (Å²) in [5, 5.41) is 3.72. The third kappa shape index (κ3) is 4.09. The molecule has 0 aliphatic carbocycles. The van der Waals surface area contributed by atoms with Crippen molar-refractivity contribution in [1.29, 1.82) is 0 Å². The van der Waals surface area contributed by atoms with Gasteiger partial charge >= 0.3 is 6.03 Å². The molecule has 2 fully saturated rings. The van der Waals surface area contributed by atoms with Gasteiger partial charge in [0.2, 0.25) is 0 Å². The number of hydrogen-bond donors (Lipinski definition) is 2. The molecule has 1 atom stereocenters. The van der Waals surface area contributed by atoms with Gasteiger partial charge in [-0.3, -0.25) is 4.90 Å². The highest BCUT2D eigenvalue weighted by Crippen LogP contribution is 2.18. The SMILES string of the molecule is CC(C)C(CNC1CCN(C(N)=O)CC1)N1CCCC1. The predicted molar refractivity (Wildman–Crippen MR) is 81.6 cm³/mol. The molecule has 3 N–H and O–H groups in total. The quantitative estimate of drug-likeness (QED) is 0.797. The number of rotatable bonds is 5. The van der Waals surface area contributed by atoms with Crippen LogP contribution in [0.1, 0.15) is 39.5 Å². The highest BCUT2D eigenvalue weighted by molar-refractivity contribution is 5.72. The highest BCUT2D eigenvalue weighted by atomic mass is 16.2. The number of hydrogen-bond acceptors (Lipinski definition) is 3. The molecule has 2 saturated heterocycles. The Bertz CT molecular complexity index is 307. The molecule has 5 heteroatoms. The van der Waals surface area contributed by atoms with E-state index in [1.54, 1.807) is 4.90 Å². The number of carbonyl (C=O) groups is 1. The van der Waals surface area contributed by atoms with Crippen LogP contribution in [-0.2, 0) is 0 Å². The Balaban J connectivity index is 1.74. The molecule has 0 aromatic carbocycles. The molecule has 0 bridgehead atoms. The lowest BCUT2D eigenvalue weighted by Gasteiger charge is -2.35. The average Bonchev–Trinajstić information content (AvgIpc) is 2.93. The van der Waals surface area contributed by atoms with E-state index in [0.29, 0.717) is 18.0 Å². The van der Waals surface area contributed by atoms with E-state index in [4.69, 9.17) is 5.73 Å². The number of amides is 2. The van der Waals surface area contributed by atoms with Crippen LogP contribution >= 0.6 is 0 Å². The first kappa shape index (κ1) is 15.6. The highest BCUT2D eigenvalue weighted by Gasteiger charge is 2.26. The van der Waals surface area contributed by atoms with E-state index in [9.17, 15) is 4.79 Å². The summed E-state index contributed by atoms with van der Waals surface area (Å²) in [4.78, 5) is 15.5. The van der Waals surface area contributed by atoms with Crippen LogP contribution in [0, 0.1) is 5.92 Å². The van der Waals surface area contributed by atoms with Crippen molar-refractivity contribution in [2.75, 3.05) is 32.7 Å². The second kappa shape index (κ2) is 7.27. The Labute approximate surface area is 122 Å².